The predicted octanol–water partition coefficient (Wildman–Crippen LogP) is 3.64. The molecule has 0 aliphatic carbocycles. The van der Waals surface area contributed by atoms with Gasteiger partial charge in [0.2, 0.25) is 0 Å². The molecule has 16 heavy (non-hydrogen) atoms. The van der Waals surface area contributed by atoms with Crippen molar-refractivity contribution < 1.29 is 0 Å². The average Bonchev–Trinajstić information content (AvgIpc) is 2.25. The third-order valence-corrected chi connectivity index (χ3v) is 3.01. The molecule has 0 unspecified atom stereocenters. The van der Waals surface area contributed by atoms with Crippen LogP contribution in [0.4, 0.5) is 11.4 Å². The molecule has 3 heteroatoms. The van der Waals surface area contributed by atoms with Crippen molar-refractivity contribution in [3.8, 4) is 0 Å². The lowest BCUT2D eigenvalue weighted by Crippen LogP contribution is -1.83. The minimum atomic E-state index is 0. The van der Waals surface area contributed by atoms with Crippen LogP contribution in [0.25, 0.3) is 0 Å². The van der Waals surface area contributed by atoms with E-state index in [-0.39, 0.29) is 7.43 Å². The van der Waals surface area contributed by atoms with Crippen LogP contribution >= 0.6 is 11.8 Å². The van der Waals surface area contributed by atoms with Crippen molar-refractivity contribution in [2.45, 2.75) is 17.2 Å². The molecular weight excluding hydrogens is 216 g/mol. The lowest BCUT2D eigenvalue weighted by atomic mass is 10.3. The van der Waals surface area contributed by atoms with E-state index in [9.17, 15) is 0 Å². The Morgan fingerprint density at radius 2 is 0.938 bits per heavy atom. The fraction of sp³-hybridized carbons (Fsp3) is 0.0769. The van der Waals surface area contributed by atoms with E-state index in [1.807, 2.05) is 48.5 Å². The van der Waals surface area contributed by atoms with Gasteiger partial charge < -0.3 is 11.5 Å². The molecular formula is C13H16N2S. The SMILES string of the molecule is C.Nc1ccc(Sc2ccc(N)cc2)cc1. The van der Waals surface area contributed by atoms with E-state index in [1.54, 1.807) is 11.8 Å². The van der Waals surface area contributed by atoms with E-state index in [0.717, 1.165) is 11.4 Å². The summed E-state index contributed by atoms with van der Waals surface area (Å²) in [5.41, 5.74) is 12.8. The van der Waals surface area contributed by atoms with Crippen molar-refractivity contribution in [1.29, 1.82) is 0 Å². The maximum absolute atomic E-state index is 5.61. The number of hydrogen-bond donors (Lipinski definition) is 2. The molecule has 2 nitrogen and oxygen atoms in total. The van der Waals surface area contributed by atoms with Crippen LogP contribution in [0.2, 0.25) is 0 Å². The first-order chi connectivity index (χ1) is 7.24. The number of nitrogens with two attached hydrogens (primary N) is 2. The Morgan fingerprint density at radius 1 is 0.625 bits per heavy atom. The predicted molar refractivity (Wildman–Crippen MR) is 72.6 cm³/mol. The quantitative estimate of drug-likeness (QED) is 0.777. The Balaban J connectivity index is 0.00000128. The van der Waals surface area contributed by atoms with E-state index < -0.39 is 0 Å². The molecule has 0 heterocycles. The molecule has 84 valence electrons. The summed E-state index contributed by atoms with van der Waals surface area (Å²) in [6.45, 7) is 0. The van der Waals surface area contributed by atoms with Gasteiger partial charge in [0, 0.05) is 21.2 Å². The maximum atomic E-state index is 5.61. The summed E-state index contributed by atoms with van der Waals surface area (Å²) in [5, 5.41) is 0. The van der Waals surface area contributed by atoms with Crippen molar-refractivity contribution in [3.05, 3.63) is 48.5 Å². The summed E-state index contributed by atoms with van der Waals surface area (Å²) in [4.78, 5) is 2.35. The topological polar surface area (TPSA) is 52.0 Å². The van der Waals surface area contributed by atoms with Gasteiger partial charge in [-0.05, 0) is 48.5 Å². The van der Waals surface area contributed by atoms with Crippen LogP contribution in [0.15, 0.2) is 58.3 Å². The zero-order chi connectivity index (χ0) is 10.7. The van der Waals surface area contributed by atoms with Gasteiger partial charge in [-0.3, -0.25) is 0 Å². The Bertz CT molecular complexity index is 391. The second-order valence-electron chi connectivity index (χ2n) is 3.24. The zero-order valence-electron chi connectivity index (χ0n) is 8.18. The van der Waals surface area contributed by atoms with Gasteiger partial charge in [0.1, 0.15) is 0 Å². The Kier molecular flexibility index (Phi) is 4.26. The van der Waals surface area contributed by atoms with Crippen molar-refractivity contribution in [1.82, 2.24) is 0 Å². The van der Waals surface area contributed by atoms with Gasteiger partial charge in [-0.25, -0.2) is 0 Å². The van der Waals surface area contributed by atoms with Crippen LogP contribution in [0.3, 0.4) is 0 Å². The van der Waals surface area contributed by atoms with Gasteiger partial charge in [0.05, 0.1) is 0 Å². The number of nitrogen functional groups attached to an aromatic ring is 2. The molecule has 0 bridgehead atoms. The summed E-state index contributed by atoms with van der Waals surface area (Å²) in [5.74, 6) is 0. The first-order valence-electron chi connectivity index (χ1n) is 4.63. The van der Waals surface area contributed by atoms with Crippen molar-refractivity contribution in [2.24, 2.45) is 0 Å². The fourth-order valence-corrected chi connectivity index (χ4v) is 2.02. The minimum Gasteiger partial charge on any atom is -0.399 e. The van der Waals surface area contributed by atoms with Crippen molar-refractivity contribution >= 4 is 23.1 Å². The number of benzene rings is 2. The van der Waals surface area contributed by atoms with E-state index in [1.165, 1.54) is 9.79 Å². The molecule has 0 amide bonds. The maximum Gasteiger partial charge on any atom is 0.0314 e. The molecule has 2 aromatic rings. The Morgan fingerprint density at radius 3 is 1.25 bits per heavy atom. The third-order valence-electron chi connectivity index (χ3n) is 2.00. The van der Waals surface area contributed by atoms with Crippen molar-refractivity contribution in [2.75, 3.05) is 11.5 Å². The van der Waals surface area contributed by atoms with Crippen LogP contribution in [0, 0.1) is 0 Å². The highest BCUT2D eigenvalue weighted by Gasteiger charge is 1.96. The van der Waals surface area contributed by atoms with E-state index >= 15 is 0 Å². The van der Waals surface area contributed by atoms with Gasteiger partial charge in [-0.1, -0.05) is 19.2 Å². The number of rotatable bonds is 2. The highest BCUT2D eigenvalue weighted by Crippen LogP contribution is 2.28. The molecule has 0 fully saturated rings. The average molecular weight is 232 g/mol. The third kappa shape index (κ3) is 3.21. The number of anilines is 2. The second-order valence-corrected chi connectivity index (χ2v) is 4.39. The molecule has 0 radical (unpaired) electrons. The van der Waals surface area contributed by atoms with Crippen LogP contribution in [0.1, 0.15) is 7.43 Å². The molecule has 2 rings (SSSR count). The van der Waals surface area contributed by atoms with Crippen molar-refractivity contribution in [3.63, 3.8) is 0 Å². The minimum absolute atomic E-state index is 0. The summed E-state index contributed by atoms with van der Waals surface area (Å²) in [6, 6.07) is 15.7. The Hall–Kier alpha value is -1.61. The standard InChI is InChI=1S/C12H12N2S.CH4/c13-9-1-5-11(6-2-9)15-12-7-3-10(14)4-8-12;/h1-8H,13-14H2;1H4. The highest BCUT2D eigenvalue weighted by atomic mass is 32.2. The molecule has 0 atom stereocenters. The summed E-state index contributed by atoms with van der Waals surface area (Å²) < 4.78 is 0. The molecule has 0 aliphatic heterocycles. The lowest BCUT2D eigenvalue weighted by molar-refractivity contribution is 1.41. The first-order valence-corrected chi connectivity index (χ1v) is 5.44. The van der Waals surface area contributed by atoms with Gasteiger partial charge in [0.15, 0.2) is 0 Å². The zero-order valence-corrected chi connectivity index (χ0v) is 9.00. The molecule has 2 aromatic carbocycles. The van der Waals surface area contributed by atoms with Gasteiger partial charge in [-0.15, -0.1) is 0 Å². The summed E-state index contributed by atoms with van der Waals surface area (Å²) in [6.07, 6.45) is 0. The molecule has 0 aromatic heterocycles. The monoisotopic (exact) mass is 232 g/mol. The second kappa shape index (κ2) is 5.47. The van der Waals surface area contributed by atoms with Crippen LogP contribution < -0.4 is 11.5 Å². The first kappa shape index (κ1) is 12.5. The van der Waals surface area contributed by atoms with E-state index in [0.29, 0.717) is 0 Å². The van der Waals surface area contributed by atoms with Crippen LogP contribution in [-0.4, -0.2) is 0 Å². The Labute approximate surface area is 101 Å². The van der Waals surface area contributed by atoms with Gasteiger partial charge in [-0.2, -0.15) is 0 Å². The molecule has 0 spiro atoms. The largest absolute Gasteiger partial charge is 0.399 e. The molecule has 0 aliphatic rings. The van der Waals surface area contributed by atoms with Crippen LogP contribution in [0.5, 0.6) is 0 Å². The van der Waals surface area contributed by atoms with E-state index in [4.69, 9.17) is 11.5 Å². The normalized spacial score (nSPS) is 9.50. The molecule has 0 saturated carbocycles. The smallest absolute Gasteiger partial charge is 0.0314 e. The lowest BCUT2D eigenvalue weighted by Gasteiger charge is -2.02. The van der Waals surface area contributed by atoms with E-state index in [2.05, 4.69) is 0 Å². The van der Waals surface area contributed by atoms with Gasteiger partial charge in [0.25, 0.3) is 0 Å². The molecule has 0 saturated heterocycles. The molecule has 4 N–H and O–H groups in total. The van der Waals surface area contributed by atoms with Gasteiger partial charge >= 0.3 is 0 Å². The van der Waals surface area contributed by atoms with Crippen LogP contribution in [-0.2, 0) is 0 Å². The number of hydrogen-bond acceptors (Lipinski definition) is 3. The highest BCUT2D eigenvalue weighted by molar-refractivity contribution is 7.99. The fourth-order valence-electron chi connectivity index (χ4n) is 1.21. The summed E-state index contributed by atoms with van der Waals surface area (Å²) >= 11 is 1.69. The summed E-state index contributed by atoms with van der Waals surface area (Å²) in [7, 11) is 0.